The maximum Gasteiger partial charge on any atom is 0.326 e. The molecule has 5 aromatic rings. The van der Waals surface area contributed by atoms with E-state index in [0.717, 1.165) is 16.5 Å². The fourth-order valence-electron chi connectivity index (χ4n) is 9.55. The molecule has 24 heteroatoms. The number of aliphatic carboxylic acids is 1. The van der Waals surface area contributed by atoms with Crippen molar-refractivity contribution in [2.75, 3.05) is 12.0 Å². The van der Waals surface area contributed by atoms with Crippen molar-refractivity contribution in [2.45, 2.75) is 148 Å². The van der Waals surface area contributed by atoms with Gasteiger partial charge in [0.05, 0.1) is 6.04 Å². The van der Waals surface area contributed by atoms with Crippen LogP contribution in [-0.4, -0.2) is 145 Å². The molecule has 0 radical (unpaired) electrons. The van der Waals surface area contributed by atoms with Gasteiger partial charge in [0.1, 0.15) is 65.6 Å². The summed E-state index contributed by atoms with van der Waals surface area (Å²) in [5.74, 6) is -8.44. The molecule has 87 heavy (non-hydrogen) atoms. The molecular weight excluding hydrogens is 1140 g/mol. The summed E-state index contributed by atoms with van der Waals surface area (Å²) in [5, 5.41) is 62.4. The van der Waals surface area contributed by atoms with Gasteiger partial charge in [0.15, 0.2) is 0 Å². The number of H-pyrrole nitrogens is 1. The lowest BCUT2D eigenvalue weighted by atomic mass is 9.95. The average molecular weight is 1220 g/mol. The highest BCUT2D eigenvalue weighted by atomic mass is 32.2. The van der Waals surface area contributed by atoms with Crippen LogP contribution in [0.3, 0.4) is 0 Å². The maximum atomic E-state index is 14.7. The number of para-hydroxylation sites is 1. The Morgan fingerprint density at radius 1 is 0.506 bits per heavy atom. The number of nitrogens with two attached hydrogens (primary N) is 1. The summed E-state index contributed by atoms with van der Waals surface area (Å²) < 4.78 is 0. The van der Waals surface area contributed by atoms with Crippen LogP contribution in [0, 0.1) is 17.8 Å². The summed E-state index contributed by atoms with van der Waals surface area (Å²) >= 11 is 1.36. The molecule has 15 N–H and O–H groups in total. The van der Waals surface area contributed by atoms with Gasteiger partial charge >= 0.3 is 5.97 Å². The Morgan fingerprint density at radius 2 is 0.931 bits per heavy atom. The van der Waals surface area contributed by atoms with E-state index in [4.69, 9.17) is 5.73 Å². The minimum Gasteiger partial charge on any atom is -0.508 e. The molecule has 23 nitrogen and oxygen atoms in total. The topological polar surface area (TPSA) is 373 Å². The highest BCUT2D eigenvalue weighted by molar-refractivity contribution is 7.98. The molecule has 0 saturated heterocycles. The number of carbonyl (C=O) groups excluding carboxylic acids is 8. The van der Waals surface area contributed by atoms with E-state index in [9.17, 15) is 63.6 Å². The van der Waals surface area contributed by atoms with Crippen molar-refractivity contribution in [3.63, 3.8) is 0 Å². The lowest BCUT2D eigenvalue weighted by Gasteiger charge is -2.30. The molecule has 1 aromatic heterocycles. The molecule has 0 fully saturated rings. The van der Waals surface area contributed by atoms with Gasteiger partial charge < -0.3 is 73.7 Å². The predicted molar refractivity (Wildman–Crippen MR) is 331 cm³/mol. The molecule has 470 valence electrons. The number of hydrogen-bond donors (Lipinski definition) is 14. The molecule has 0 bridgehead atoms. The van der Waals surface area contributed by atoms with Gasteiger partial charge in [-0.2, -0.15) is 11.8 Å². The number of carboxylic acids is 1. The molecule has 0 aliphatic rings. The van der Waals surface area contributed by atoms with Gasteiger partial charge in [-0.1, -0.05) is 103 Å². The minimum atomic E-state index is -1.43. The van der Waals surface area contributed by atoms with Crippen LogP contribution in [0.4, 0.5) is 0 Å². The Balaban J connectivity index is 1.37. The number of aromatic nitrogens is 1. The first kappa shape index (κ1) is 69.1. The van der Waals surface area contributed by atoms with Crippen LogP contribution < -0.4 is 48.3 Å². The monoisotopic (exact) mass is 1220 g/mol. The van der Waals surface area contributed by atoms with Crippen LogP contribution in [-0.2, 0) is 68.8 Å². The summed E-state index contributed by atoms with van der Waals surface area (Å²) in [5.41, 5.74) is 9.61. The van der Waals surface area contributed by atoms with Crippen molar-refractivity contribution in [3.05, 3.63) is 126 Å². The minimum absolute atomic E-state index is 0.0228. The first-order valence-corrected chi connectivity index (χ1v) is 30.5. The van der Waals surface area contributed by atoms with Crippen molar-refractivity contribution in [1.82, 2.24) is 47.5 Å². The zero-order valence-corrected chi connectivity index (χ0v) is 51.2. The van der Waals surface area contributed by atoms with Crippen molar-refractivity contribution < 1.29 is 63.6 Å². The quantitative estimate of drug-likeness (QED) is 0.0286. The van der Waals surface area contributed by atoms with Crippen LogP contribution in [0.15, 0.2) is 103 Å². The summed E-state index contributed by atoms with van der Waals surface area (Å²) in [6.45, 7) is 11.9. The van der Waals surface area contributed by atoms with Gasteiger partial charge in [-0.15, -0.1) is 0 Å². The number of phenolic OH excluding ortho intramolecular Hbond substituents is 3. The molecule has 1 heterocycles. The number of aromatic amines is 1. The second-order valence-electron chi connectivity index (χ2n) is 22.7. The largest absolute Gasteiger partial charge is 0.508 e. The third-order valence-electron chi connectivity index (χ3n) is 14.8. The standard InChI is InChI=1S/C63H84N10O13S/c1-9-36(6)54(73-60(82)49(28-34(2)3)69-56(78)46(64)32-41-33-65-47-13-11-10-12-45(41)47)62(84)71-51(30-39-16-22-43(75)23-17-39)59(81)67-48(26-27-87-8)57(79)70-50(29-38-14-20-42(74)21-15-38)58(80)66-37(7)55(77)68-52(31-40-18-24-44(76)25-19-40)61(83)72-53(35(4)5)63(85)86/h10-25,33-37,46,48-54,65,74-76H,9,26-32,64H2,1-8H3,(H,66,80)(H,67,81)(H,68,77)(H,69,78)(H,70,79)(H,71,84)(H,72,83)(H,73,82)(H,85,86)/t36-,37-,46-,48-,49-,50-,51-,52-,53-,54-/m1/s1. The van der Waals surface area contributed by atoms with Crippen LogP contribution in [0.2, 0.25) is 0 Å². The molecule has 0 aliphatic heterocycles. The third-order valence-corrected chi connectivity index (χ3v) is 15.5. The summed E-state index contributed by atoms with van der Waals surface area (Å²) in [7, 11) is 0. The number of fused-ring (bicyclic) bond motifs is 1. The van der Waals surface area contributed by atoms with Crippen LogP contribution >= 0.6 is 11.8 Å². The smallest absolute Gasteiger partial charge is 0.326 e. The number of hydrogen-bond acceptors (Lipinski definition) is 14. The first-order valence-electron chi connectivity index (χ1n) is 29.1. The van der Waals surface area contributed by atoms with Crippen molar-refractivity contribution in [3.8, 4) is 17.2 Å². The summed E-state index contributed by atoms with van der Waals surface area (Å²) in [4.78, 5) is 129. The van der Waals surface area contributed by atoms with Gasteiger partial charge in [0.2, 0.25) is 47.3 Å². The van der Waals surface area contributed by atoms with Gasteiger partial charge in [0, 0.05) is 36.4 Å². The van der Waals surface area contributed by atoms with E-state index in [-0.39, 0.29) is 61.7 Å². The summed E-state index contributed by atoms with van der Waals surface area (Å²) in [6.07, 6.45) is 3.89. The van der Waals surface area contributed by atoms with E-state index in [2.05, 4.69) is 47.5 Å². The number of aromatic hydroxyl groups is 3. The Hall–Kier alpha value is -8.64. The van der Waals surface area contributed by atoms with Crippen molar-refractivity contribution in [1.29, 1.82) is 0 Å². The lowest BCUT2D eigenvalue weighted by Crippen LogP contribution is -2.61. The zero-order valence-electron chi connectivity index (χ0n) is 50.3. The lowest BCUT2D eigenvalue weighted by molar-refractivity contribution is -0.143. The number of thioether (sulfide) groups is 1. The van der Waals surface area contributed by atoms with Gasteiger partial charge in [-0.25, -0.2) is 4.79 Å². The highest BCUT2D eigenvalue weighted by Crippen LogP contribution is 2.21. The van der Waals surface area contributed by atoms with Crippen molar-refractivity contribution >= 4 is 75.9 Å². The Morgan fingerprint density at radius 3 is 1.41 bits per heavy atom. The van der Waals surface area contributed by atoms with E-state index in [1.54, 1.807) is 45.4 Å². The number of nitrogens with one attached hydrogen (secondary N) is 9. The predicted octanol–water partition coefficient (Wildman–Crippen LogP) is 3.37. The molecule has 5 rings (SSSR count). The molecule has 0 saturated carbocycles. The summed E-state index contributed by atoms with van der Waals surface area (Å²) in [6, 6.07) is 13.5. The Kier molecular flexibility index (Phi) is 26.5. The highest BCUT2D eigenvalue weighted by Gasteiger charge is 2.36. The normalized spacial score (nSPS) is 14.8. The molecular formula is C63H84N10O13S. The molecule has 0 unspecified atom stereocenters. The van der Waals surface area contributed by atoms with E-state index in [0.29, 0.717) is 28.9 Å². The number of rotatable bonds is 33. The second kappa shape index (κ2) is 33.3. The molecule has 0 spiro atoms. The maximum absolute atomic E-state index is 14.7. The molecule has 0 aliphatic carbocycles. The van der Waals surface area contributed by atoms with Crippen LogP contribution in [0.1, 0.15) is 90.0 Å². The van der Waals surface area contributed by atoms with Gasteiger partial charge in [0.25, 0.3) is 0 Å². The Bertz CT molecular complexity index is 3140. The molecule has 8 amide bonds. The molecule has 4 aromatic carbocycles. The Labute approximate surface area is 510 Å². The fourth-order valence-corrected chi connectivity index (χ4v) is 10.0. The van der Waals surface area contributed by atoms with Gasteiger partial charge in [-0.05, 0) is 121 Å². The third kappa shape index (κ3) is 21.4. The van der Waals surface area contributed by atoms with E-state index in [1.165, 1.54) is 79.3 Å². The fraction of sp³-hybridized carbons (Fsp3) is 0.444. The van der Waals surface area contributed by atoms with E-state index in [1.807, 2.05) is 45.0 Å². The zero-order chi connectivity index (χ0) is 64.1. The van der Waals surface area contributed by atoms with E-state index < -0.39 is 119 Å². The van der Waals surface area contributed by atoms with Crippen LogP contribution in [0.5, 0.6) is 17.2 Å². The second-order valence-corrected chi connectivity index (χ2v) is 23.7. The number of carboxylic acid groups (broad SMARTS) is 1. The van der Waals surface area contributed by atoms with Crippen molar-refractivity contribution in [2.24, 2.45) is 23.5 Å². The van der Waals surface area contributed by atoms with Crippen LogP contribution in [0.25, 0.3) is 10.9 Å². The van der Waals surface area contributed by atoms with E-state index >= 15 is 0 Å². The van der Waals surface area contributed by atoms with Gasteiger partial charge in [-0.3, -0.25) is 38.4 Å². The number of amides is 8. The number of phenols is 3. The SMILES string of the molecule is CC[C@@H](C)[C@@H](NC(=O)[C@@H](CC(C)C)NC(=O)[C@H](N)Cc1c[nH]c2ccccc12)C(=O)N[C@H](Cc1ccc(O)cc1)C(=O)N[C@H](CCSC)C(=O)N[C@H](Cc1ccc(O)cc1)C(=O)N[C@H](C)C(=O)N[C@H](Cc1ccc(O)cc1)C(=O)N[C@@H](C(=O)O)C(C)C. The average Bonchev–Trinajstić information content (AvgIpc) is 2.86. The molecule has 10 atom stereocenters. The number of benzene rings is 4. The number of carbonyl (C=O) groups is 9. The first-order chi connectivity index (χ1) is 41.3.